The zero-order chi connectivity index (χ0) is 13.7. The van der Waals surface area contributed by atoms with Crippen molar-refractivity contribution in [1.82, 2.24) is 15.2 Å². The second-order valence-electron chi connectivity index (χ2n) is 5.35. The van der Waals surface area contributed by atoms with Crippen LogP contribution >= 0.6 is 0 Å². The molecule has 1 aliphatic heterocycles. The highest BCUT2D eigenvalue weighted by atomic mass is 16.5. The number of hydrogen-bond donors (Lipinski definition) is 1. The number of nitrogens with zero attached hydrogens (tertiary/aromatic N) is 2. The maximum Gasteiger partial charge on any atom is 0.213 e. The Kier molecular flexibility index (Phi) is 5.16. The Morgan fingerprint density at radius 3 is 2.95 bits per heavy atom. The first-order valence-electron chi connectivity index (χ1n) is 7.17. The maximum absolute atomic E-state index is 5.73. The Hall–Kier alpha value is -1.13. The van der Waals surface area contributed by atoms with E-state index in [-0.39, 0.29) is 0 Å². The van der Waals surface area contributed by atoms with E-state index in [0.29, 0.717) is 12.1 Å². The summed E-state index contributed by atoms with van der Waals surface area (Å²) in [7, 11) is 4.15. The Balaban J connectivity index is 1.77. The zero-order valence-corrected chi connectivity index (χ0v) is 12.2. The van der Waals surface area contributed by atoms with E-state index in [0.717, 1.165) is 18.9 Å². The van der Waals surface area contributed by atoms with Gasteiger partial charge in [0.2, 0.25) is 5.88 Å². The van der Waals surface area contributed by atoms with Gasteiger partial charge in [-0.15, -0.1) is 0 Å². The molecule has 1 aliphatic rings. The molecular formula is C15H25N3O. The van der Waals surface area contributed by atoms with Crippen molar-refractivity contribution in [3.05, 3.63) is 23.9 Å². The fraction of sp³-hybridized carbons (Fsp3) is 0.667. The first-order valence-corrected chi connectivity index (χ1v) is 7.17. The lowest BCUT2D eigenvalue weighted by Crippen LogP contribution is -2.26. The Labute approximate surface area is 116 Å². The standard InChI is InChI=1S/C15H25N3O/c1-12(16-2)13-6-7-15(17-11-13)19-10-8-14-5-4-9-18(14)3/h6-7,11-12,14,16H,4-5,8-10H2,1-3H3. The van der Waals surface area contributed by atoms with Crippen molar-refractivity contribution < 1.29 is 4.74 Å². The van der Waals surface area contributed by atoms with E-state index in [4.69, 9.17) is 4.74 Å². The Morgan fingerprint density at radius 1 is 1.53 bits per heavy atom. The SMILES string of the molecule is CNC(C)c1ccc(OCCC2CCCN2C)nc1. The van der Waals surface area contributed by atoms with Gasteiger partial charge in [-0.3, -0.25) is 0 Å². The fourth-order valence-corrected chi connectivity index (χ4v) is 2.54. The van der Waals surface area contributed by atoms with Crippen LogP contribution in [0.5, 0.6) is 5.88 Å². The minimum absolute atomic E-state index is 0.327. The summed E-state index contributed by atoms with van der Waals surface area (Å²) in [5.74, 6) is 0.729. The molecule has 19 heavy (non-hydrogen) atoms. The summed E-state index contributed by atoms with van der Waals surface area (Å²) >= 11 is 0. The molecule has 4 heteroatoms. The quantitative estimate of drug-likeness (QED) is 0.854. The average Bonchev–Trinajstić information content (AvgIpc) is 2.84. The van der Waals surface area contributed by atoms with Crippen LogP contribution in [-0.2, 0) is 0 Å². The monoisotopic (exact) mass is 263 g/mol. The van der Waals surface area contributed by atoms with Gasteiger partial charge in [0, 0.05) is 24.3 Å². The molecule has 1 N–H and O–H groups in total. The minimum Gasteiger partial charge on any atom is -0.478 e. The molecule has 0 spiro atoms. The smallest absolute Gasteiger partial charge is 0.213 e. The number of hydrogen-bond acceptors (Lipinski definition) is 4. The molecule has 106 valence electrons. The summed E-state index contributed by atoms with van der Waals surface area (Å²) in [5, 5.41) is 3.20. The third-order valence-electron chi connectivity index (χ3n) is 4.06. The van der Waals surface area contributed by atoms with Crippen molar-refractivity contribution in [1.29, 1.82) is 0 Å². The second kappa shape index (κ2) is 6.87. The van der Waals surface area contributed by atoms with Crippen molar-refractivity contribution >= 4 is 0 Å². The van der Waals surface area contributed by atoms with Crippen LogP contribution in [0.25, 0.3) is 0 Å². The van der Waals surface area contributed by atoms with Gasteiger partial charge in [-0.05, 0) is 52.4 Å². The predicted octanol–water partition coefficient (Wildman–Crippen LogP) is 2.23. The highest BCUT2D eigenvalue weighted by Gasteiger charge is 2.20. The molecule has 2 unspecified atom stereocenters. The molecule has 0 radical (unpaired) electrons. The molecule has 0 amide bonds. The normalized spacial score (nSPS) is 21.5. The summed E-state index contributed by atoms with van der Waals surface area (Å²) in [6, 6.07) is 5.05. The summed E-state index contributed by atoms with van der Waals surface area (Å²) in [4.78, 5) is 6.78. The molecule has 2 heterocycles. The van der Waals surface area contributed by atoms with Crippen molar-refractivity contribution in [2.45, 2.75) is 38.3 Å². The van der Waals surface area contributed by atoms with E-state index in [9.17, 15) is 0 Å². The third kappa shape index (κ3) is 3.91. The number of pyridine rings is 1. The van der Waals surface area contributed by atoms with Crippen molar-refractivity contribution in [2.75, 3.05) is 27.2 Å². The number of rotatable bonds is 6. The average molecular weight is 263 g/mol. The fourth-order valence-electron chi connectivity index (χ4n) is 2.54. The molecule has 0 aliphatic carbocycles. The van der Waals surface area contributed by atoms with Crippen LogP contribution in [0, 0.1) is 0 Å². The van der Waals surface area contributed by atoms with Gasteiger partial charge in [0.15, 0.2) is 0 Å². The molecule has 0 bridgehead atoms. The van der Waals surface area contributed by atoms with Crippen molar-refractivity contribution in [3.8, 4) is 5.88 Å². The van der Waals surface area contributed by atoms with E-state index in [1.807, 2.05) is 19.3 Å². The third-order valence-corrected chi connectivity index (χ3v) is 4.06. The van der Waals surface area contributed by atoms with Crippen LogP contribution < -0.4 is 10.1 Å². The molecule has 0 aromatic carbocycles. The van der Waals surface area contributed by atoms with Crippen LogP contribution in [-0.4, -0.2) is 43.2 Å². The van der Waals surface area contributed by atoms with E-state index < -0.39 is 0 Å². The summed E-state index contributed by atoms with van der Waals surface area (Å²) < 4.78 is 5.73. The van der Waals surface area contributed by atoms with Gasteiger partial charge in [-0.2, -0.15) is 0 Å². The second-order valence-corrected chi connectivity index (χ2v) is 5.35. The topological polar surface area (TPSA) is 37.4 Å². The maximum atomic E-state index is 5.73. The van der Waals surface area contributed by atoms with Crippen LogP contribution in [0.4, 0.5) is 0 Å². The molecular weight excluding hydrogens is 238 g/mol. The largest absolute Gasteiger partial charge is 0.478 e. The van der Waals surface area contributed by atoms with Crippen molar-refractivity contribution in [2.24, 2.45) is 0 Å². The highest BCUT2D eigenvalue weighted by molar-refractivity contribution is 5.20. The number of ether oxygens (including phenoxy) is 1. The van der Waals surface area contributed by atoms with E-state index in [2.05, 4.69) is 35.2 Å². The lowest BCUT2D eigenvalue weighted by atomic mass is 10.1. The molecule has 2 rings (SSSR count). The van der Waals surface area contributed by atoms with Gasteiger partial charge in [-0.1, -0.05) is 6.07 Å². The van der Waals surface area contributed by atoms with Gasteiger partial charge >= 0.3 is 0 Å². The molecule has 0 saturated carbocycles. The van der Waals surface area contributed by atoms with E-state index >= 15 is 0 Å². The lowest BCUT2D eigenvalue weighted by molar-refractivity contribution is 0.228. The minimum atomic E-state index is 0.327. The van der Waals surface area contributed by atoms with Gasteiger partial charge in [0.1, 0.15) is 0 Å². The van der Waals surface area contributed by atoms with E-state index in [1.165, 1.54) is 24.9 Å². The molecule has 1 aromatic heterocycles. The Bertz CT molecular complexity index is 379. The van der Waals surface area contributed by atoms with Gasteiger partial charge in [0.25, 0.3) is 0 Å². The highest BCUT2D eigenvalue weighted by Crippen LogP contribution is 2.18. The van der Waals surface area contributed by atoms with Crippen LogP contribution in [0.1, 0.15) is 37.8 Å². The number of likely N-dealkylation sites (tertiary alicyclic amines) is 1. The van der Waals surface area contributed by atoms with Gasteiger partial charge in [0.05, 0.1) is 6.61 Å². The lowest BCUT2D eigenvalue weighted by Gasteiger charge is -2.19. The van der Waals surface area contributed by atoms with Gasteiger partial charge in [-0.25, -0.2) is 4.98 Å². The zero-order valence-electron chi connectivity index (χ0n) is 12.2. The molecule has 1 saturated heterocycles. The van der Waals surface area contributed by atoms with Crippen molar-refractivity contribution in [3.63, 3.8) is 0 Å². The number of aromatic nitrogens is 1. The van der Waals surface area contributed by atoms with Crippen LogP contribution in [0.2, 0.25) is 0 Å². The molecule has 1 fully saturated rings. The summed E-state index contributed by atoms with van der Waals surface area (Å²) in [6.45, 7) is 4.09. The summed E-state index contributed by atoms with van der Waals surface area (Å²) in [6.07, 6.45) is 5.59. The molecule has 2 atom stereocenters. The number of nitrogens with one attached hydrogen (secondary N) is 1. The molecule has 4 nitrogen and oxygen atoms in total. The van der Waals surface area contributed by atoms with Crippen LogP contribution in [0.15, 0.2) is 18.3 Å². The first-order chi connectivity index (χ1) is 9.20. The van der Waals surface area contributed by atoms with Gasteiger partial charge < -0.3 is 15.0 Å². The summed E-state index contributed by atoms with van der Waals surface area (Å²) in [5.41, 5.74) is 1.19. The van der Waals surface area contributed by atoms with E-state index in [1.54, 1.807) is 0 Å². The Morgan fingerprint density at radius 2 is 2.37 bits per heavy atom. The first kappa shape index (κ1) is 14.3. The van der Waals surface area contributed by atoms with Crippen LogP contribution in [0.3, 0.4) is 0 Å². The molecule has 1 aromatic rings. The predicted molar refractivity (Wildman–Crippen MR) is 77.5 cm³/mol.